The van der Waals surface area contributed by atoms with E-state index in [2.05, 4.69) is 6.92 Å². The van der Waals surface area contributed by atoms with Gasteiger partial charge < -0.3 is 4.74 Å². The van der Waals surface area contributed by atoms with Crippen LogP contribution in [-0.4, -0.2) is 17.5 Å². The van der Waals surface area contributed by atoms with Gasteiger partial charge in [-0.15, -0.1) is 11.6 Å². The van der Waals surface area contributed by atoms with Crippen molar-refractivity contribution in [3.8, 4) is 0 Å². The molecule has 1 saturated carbocycles. The van der Waals surface area contributed by atoms with Crippen LogP contribution in [0.2, 0.25) is 0 Å². The molecule has 0 aromatic carbocycles. The second-order valence-corrected chi connectivity index (χ2v) is 4.30. The maximum absolute atomic E-state index is 11.3. The summed E-state index contributed by atoms with van der Waals surface area (Å²) in [5, 5.41) is 0. The lowest BCUT2D eigenvalue weighted by atomic mass is 10.1. The van der Waals surface area contributed by atoms with Crippen LogP contribution in [0, 0.1) is 5.92 Å². The van der Waals surface area contributed by atoms with Crippen molar-refractivity contribution in [1.82, 2.24) is 0 Å². The molecule has 2 atom stereocenters. The summed E-state index contributed by atoms with van der Waals surface area (Å²) in [6, 6.07) is 0. The second kappa shape index (κ2) is 4.32. The van der Waals surface area contributed by atoms with Gasteiger partial charge in [0.15, 0.2) is 0 Å². The van der Waals surface area contributed by atoms with Gasteiger partial charge in [-0.05, 0) is 25.7 Å². The molecule has 0 spiro atoms. The molecule has 0 aliphatic heterocycles. The van der Waals surface area contributed by atoms with Gasteiger partial charge >= 0.3 is 5.97 Å². The van der Waals surface area contributed by atoms with Crippen LogP contribution in [0.15, 0.2) is 0 Å². The van der Waals surface area contributed by atoms with Crippen molar-refractivity contribution in [3.05, 3.63) is 0 Å². The smallest absolute Gasteiger partial charge is 0.327 e. The highest BCUT2D eigenvalue weighted by Gasteiger charge is 2.59. The predicted molar refractivity (Wildman–Crippen MR) is 52.8 cm³/mol. The average molecular weight is 205 g/mol. The van der Waals surface area contributed by atoms with Crippen molar-refractivity contribution < 1.29 is 9.53 Å². The Kier molecular flexibility index (Phi) is 3.60. The van der Waals surface area contributed by atoms with Gasteiger partial charge in [-0.1, -0.05) is 19.8 Å². The number of carbonyl (C=O) groups excluding carboxylic acids is 1. The minimum Gasteiger partial charge on any atom is -0.465 e. The molecule has 0 N–H and O–H groups in total. The Bertz CT molecular complexity index is 193. The number of carbonyl (C=O) groups is 1. The Labute approximate surface area is 84.6 Å². The fraction of sp³-hybridized carbons (Fsp3) is 0.900. The minimum absolute atomic E-state index is 0.224. The lowest BCUT2D eigenvalue weighted by molar-refractivity contribution is -0.143. The third-order valence-electron chi connectivity index (χ3n) is 2.55. The molecule has 0 saturated heterocycles. The van der Waals surface area contributed by atoms with Gasteiger partial charge in [-0.3, -0.25) is 4.79 Å². The summed E-state index contributed by atoms with van der Waals surface area (Å²) in [6.45, 7) is 4.37. The molecular formula is C10H17ClO2. The second-order valence-electron chi connectivity index (χ2n) is 3.63. The van der Waals surface area contributed by atoms with Crippen molar-refractivity contribution in [2.75, 3.05) is 6.61 Å². The van der Waals surface area contributed by atoms with Gasteiger partial charge in [-0.2, -0.15) is 0 Å². The molecular weight excluding hydrogens is 188 g/mol. The fourth-order valence-corrected chi connectivity index (χ4v) is 1.93. The molecule has 1 aliphatic carbocycles. The summed E-state index contributed by atoms with van der Waals surface area (Å²) >= 11 is 6.10. The summed E-state index contributed by atoms with van der Waals surface area (Å²) in [4.78, 5) is 10.7. The van der Waals surface area contributed by atoms with Crippen LogP contribution in [0.1, 0.15) is 39.5 Å². The molecule has 0 amide bonds. The number of esters is 1. The molecule has 3 heteroatoms. The summed E-state index contributed by atoms with van der Waals surface area (Å²) in [6.07, 6.45) is 4.16. The van der Waals surface area contributed by atoms with E-state index in [0.29, 0.717) is 12.5 Å². The maximum atomic E-state index is 11.3. The van der Waals surface area contributed by atoms with E-state index in [1.165, 1.54) is 0 Å². The number of ether oxygens (including phenoxy) is 1. The SMILES string of the molecule is CCCCC1CC1(Cl)C(=O)OCC. The van der Waals surface area contributed by atoms with Crippen LogP contribution < -0.4 is 0 Å². The van der Waals surface area contributed by atoms with Crippen LogP contribution in [0.3, 0.4) is 0 Å². The van der Waals surface area contributed by atoms with E-state index in [-0.39, 0.29) is 5.97 Å². The lowest BCUT2D eigenvalue weighted by Gasteiger charge is -2.07. The van der Waals surface area contributed by atoms with Crippen molar-refractivity contribution in [2.45, 2.75) is 44.4 Å². The molecule has 2 unspecified atom stereocenters. The van der Waals surface area contributed by atoms with Gasteiger partial charge in [0.1, 0.15) is 4.87 Å². The Morgan fingerprint density at radius 2 is 2.31 bits per heavy atom. The molecule has 0 aromatic rings. The molecule has 0 aromatic heterocycles. The van der Waals surface area contributed by atoms with Gasteiger partial charge in [0, 0.05) is 0 Å². The zero-order valence-electron chi connectivity index (χ0n) is 8.31. The highest BCUT2D eigenvalue weighted by atomic mass is 35.5. The van der Waals surface area contributed by atoms with Gasteiger partial charge in [-0.25, -0.2) is 0 Å². The van der Waals surface area contributed by atoms with Crippen LogP contribution in [0.4, 0.5) is 0 Å². The largest absolute Gasteiger partial charge is 0.465 e. The van der Waals surface area contributed by atoms with E-state index in [9.17, 15) is 4.79 Å². The van der Waals surface area contributed by atoms with E-state index in [4.69, 9.17) is 16.3 Å². The fourth-order valence-electron chi connectivity index (χ4n) is 1.58. The minimum atomic E-state index is -0.662. The summed E-state index contributed by atoms with van der Waals surface area (Å²) < 4.78 is 4.91. The molecule has 0 heterocycles. The van der Waals surface area contributed by atoms with Gasteiger partial charge in [0.05, 0.1) is 6.61 Å². The molecule has 13 heavy (non-hydrogen) atoms. The normalized spacial score (nSPS) is 31.5. The number of hydrogen-bond acceptors (Lipinski definition) is 2. The Morgan fingerprint density at radius 1 is 1.62 bits per heavy atom. The number of halogens is 1. The van der Waals surface area contributed by atoms with E-state index in [1.54, 1.807) is 0 Å². The van der Waals surface area contributed by atoms with E-state index >= 15 is 0 Å². The Balaban J connectivity index is 2.31. The van der Waals surface area contributed by atoms with Crippen molar-refractivity contribution in [3.63, 3.8) is 0 Å². The maximum Gasteiger partial charge on any atom is 0.327 e. The van der Waals surface area contributed by atoms with Crippen LogP contribution in [0.25, 0.3) is 0 Å². The van der Waals surface area contributed by atoms with E-state index in [0.717, 1.165) is 25.7 Å². The summed E-state index contributed by atoms with van der Waals surface area (Å²) in [5.41, 5.74) is 0. The quantitative estimate of drug-likeness (QED) is 0.509. The highest BCUT2D eigenvalue weighted by molar-refractivity contribution is 6.36. The lowest BCUT2D eigenvalue weighted by Crippen LogP contribution is -2.21. The number of hydrogen-bond donors (Lipinski definition) is 0. The first-order chi connectivity index (χ1) is 6.15. The monoisotopic (exact) mass is 204 g/mol. The molecule has 0 bridgehead atoms. The van der Waals surface area contributed by atoms with Crippen LogP contribution in [-0.2, 0) is 9.53 Å². The molecule has 2 nitrogen and oxygen atoms in total. The zero-order valence-corrected chi connectivity index (χ0v) is 9.06. The van der Waals surface area contributed by atoms with E-state index < -0.39 is 4.87 Å². The Hall–Kier alpha value is -0.240. The third kappa shape index (κ3) is 2.37. The van der Waals surface area contributed by atoms with E-state index in [1.807, 2.05) is 6.92 Å². The first-order valence-corrected chi connectivity index (χ1v) is 5.39. The molecule has 1 fully saturated rings. The molecule has 76 valence electrons. The Morgan fingerprint density at radius 3 is 2.85 bits per heavy atom. The topological polar surface area (TPSA) is 26.3 Å². The standard InChI is InChI=1S/C10H17ClO2/c1-3-5-6-8-7-10(8,11)9(12)13-4-2/h8H,3-7H2,1-2H3. The molecule has 1 rings (SSSR count). The van der Waals surface area contributed by atoms with Crippen molar-refractivity contribution >= 4 is 17.6 Å². The molecule has 0 radical (unpaired) electrons. The summed E-state index contributed by atoms with van der Waals surface area (Å²) in [7, 11) is 0. The predicted octanol–water partition coefficient (Wildman–Crippen LogP) is 2.74. The highest BCUT2D eigenvalue weighted by Crippen LogP contribution is 2.53. The van der Waals surface area contributed by atoms with Gasteiger partial charge in [0.25, 0.3) is 0 Å². The van der Waals surface area contributed by atoms with Gasteiger partial charge in [0.2, 0.25) is 0 Å². The van der Waals surface area contributed by atoms with Crippen LogP contribution in [0.5, 0.6) is 0 Å². The zero-order chi connectivity index (χ0) is 9.90. The van der Waals surface area contributed by atoms with Crippen molar-refractivity contribution in [2.24, 2.45) is 5.92 Å². The number of unbranched alkanes of at least 4 members (excludes halogenated alkanes) is 1. The first kappa shape index (κ1) is 10.8. The number of rotatable bonds is 5. The summed E-state index contributed by atoms with van der Waals surface area (Å²) in [5.74, 6) is 0.130. The first-order valence-electron chi connectivity index (χ1n) is 5.01. The third-order valence-corrected chi connectivity index (χ3v) is 3.17. The number of alkyl halides is 1. The average Bonchev–Trinajstić information content (AvgIpc) is 2.76. The van der Waals surface area contributed by atoms with Crippen molar-refractivity contribution in [1.29, 1.82) is 0 Å². The molecule has 1 aliphatic rings. The van der Waals surface area contributed by atoms with Crippen LogP contribution >= 0.6 is 11.6 Å².